The number of hydrogen-bond acceptors (Lipinski definition) is 3. The summed E-state index contributed by atoms with van der Waals surface area (Å²) in [6, 6.07) is 0.706. The predicted molar refractivity (Wildman–Crippen MR) is 54.8 cm³/mol. The van der Waals surface area contributed by atoms with Crippen molar-refractivity contribution in [3.05, 3.63) is 12.2 Å². The zero-order valence-corrected chi connectivity index (χ0v) is 8.74. The van der Waals surface area contributed by atoms with Crippen molar-refractivity contribution in [3.8, 4) is 0 Å². The first-order valence-corrected chi connectivity index (χ1v) is 5.50. The molecule has 0 aliphatic heterocycles. The van der Waals surface area contributed by atoms with E-state index in [0.29, 0.717) is 6.04 Å². The molecule has 0 saturated heterocycles. The van der Waals surface area contributed by atoms with Gasteiger partial charge < -0.3 is 9.88 Å². The molecule has 1 heterocycles. The average molecular weight is 194 g/mol. The first-order chi connectivity index (χ1) is 6.90. The second kappa shape index (κ2) is 4.55. The van der Waals surface area contributed by atoms with Gasteiger partial charge in [-0.05, 0) is 19.8 Å². The number of nitrogens with one attached hydrogen (secondary N) is 1. The van der Waals surface area contributed by atoms with Crippen LogP contribution in [0.1, 0.15) is 38.4 Å². The lowest BCUT2D eigenvalue weighted by Gasteiger charge is -2.11. The number of aromatic nitrogens is 3. The molecule has 0 radical (unpaired) electrons. The summed E-state index contributed by atoms with van der Waals surface area (Å²) in [4.78, 5) is 0. The maximum atomic E-state index is 4.10. The number of nitrogens with zero attached hydrogens (tertiary/aromatic N) is 3. The van der Waals surface area contributed by atoms with Gasteiger partial charge in [0.05, 0.1) is 6.54 Å². The van der Waals surface area contributed by atoms with Crippen molar-refractivity contribution >= 4 is 0 Å². The zero-order chi connectivity index (χ0) is 9.80. The van der Waals surface area contributed by atoms with E-state index in [1.807, 2.05) is 0 Å². The topological polar surface area (TPSA) is 42.7 Å². The van der Waals surface area contributed by atoms with Crippen LogP contribution in [0.25, 0.3) is 0 Å². The van der Waals surface area contributed by atoms with E-state index in [1.54, 1.807) is 6.33 Å². The second-order valence-corrected chi connectivity index (χ2v) is 3.90. The number of aryl methyl sites for hydroxylation is 1. The van der Waals surface area contributed by atoms with Gasteiger partial charge in [-0.25, -0.2) is 0 Å². The van der Waals surface area contributed by atoms with Gasteiger partial charge in [-0.3, -0.25) is 0 Å². The lowest BCUT2D eigenvalue weighted by atomic mass is 10.2. The van der Waals surface area contributed by atoms with E-state index in [-0.39, 0.29) is 0 Å². The fraction of sp³-hybridized carbons (Fsp3) is 0.800. The third-order valence-corrected chi connectivity index (χ3v) is 2.94. The van der Waals surface area contributed by atoms with Gasteiger partial charge >= 0.3 is 0 Å². The van der Waals surface area contributed by atoms with Gasteiger partial charge in [-0.2, -0.15) is 0 Å². The fourth-order valence-corrected chi connectivity index (χ4v) is 2.05. The summed E-state index contributed by atoms with van der Waals surface area (Å²) in [6.45, 7) is 3.93. The Labute approximate surface area is 84.7 Å². The summed E-state index contributed by atoms with van der Waals surface area (Å²) in [7, 11) is 0. The molecule has 1 saturated carbocycles. The van der Waals surface area contributed by atoms with Crippen LogP contribution in [0.5, 0.6) is 0 Å². The molecule has 1 aliphatic rings. The Balaban J connectivity index is 1.84. The lowest BCUT2D eigenvalue weighted by Crippen LogP contribution is -2.26. The largest absolute Gasteiger partial charge is 0.317 e. The maximum absolute atomic E-state index is 4.10. The van der Waals surface area contributed by atoms with Crippen LogP contribution in [-0.2, 0) is 13.1 Å². The van der Waals surface area contributed by atoms with Crippen molar-refractivity contribution in [2.45, 2.75) is 51.7 Å². The summed E-state index contributed by atoms with van der Waals surface area (Å²) in [5, 5.41) is 11.5. The van der Waals surface area contributed by atoms with Gasteiger partial charge in [0, 0.05) is 12.6 Å². The van der Waals surface area contributed by atoms with Crippen molar-refractivity contribution < 1.29 is 0 Å². The minimum Gasteiger partial charge on any atom is -0.317 e. The Kier molecular flexibility index (Phi) is 3.14. The molecule has 0 aromatic carbocycles. The van der Waals surface area contributed by atoms with E-state index in [0.717, 1.165) is 18.9 Å². The Morgan fingerprint density at radius 3 is 3.00 bits per heavy atom. The highest BCUT2D eigenvalue weighted by molar-refractivity contribution is 4.86. The minimum atomic E-state index is 0.706. The molecule has 78 valence electrons. The van der Waals surface area contributed by atoms with Crippen molar-refractivity contribution in [1.29, 1.82) is 0 Å². The predicted octanol–water partition coefficient (Wildman–Crippen LogP) is 1.33. The van der Waals surface area contributed by atoms with Crippen LogP contribution in [0, 0.1) is 0 Å². The van der Waals surface area contributed by atoms with Crippen LogP contribution >= 0.6 is 0 Å². The molecule has 1 N–H and O–H groups in total. The van der Waals surface area contributed by atoms with Crippen LogP contribution in [0.4, 0.5) is 0 Å². The lowest BCUT2D eigenvalue weighted by molar-refractivity contribution is 0.501. The van der Waals surface area contributed by atoms with E-state index < -0.39 is 0 Å². The van der Waals surface area contributed by atoms with Crippen LogP contribution in [0.15, 0.2) is 6.33 Å². The van der Waals surface area contributed by atoms with E-state index in [9.17, 15) is 0 Å². The molecule has 14 heavy (non-hydrogen) atoms. The Morgan fingerprint density at radius 1 is 1.50 bits per heavy atom. The molecular weight excluding hydrogens is 176 g/mol. The second-order valence-electron chi connectivity index (χ2n) is 3.90. The Morgan fingerprint density at radius 2 is 2.29 bits per heavy atom. The zero-order valence-electron chi connectivity index (χ0n) is 8.74. The van der Waals surface area contributed by atoms with Gasteiger partial charge in [-0.1, -0.05) is 12.8 Å². The van der Waals surface area contributed by atoms with Crippen LogP contribution in [0.3, 0.4) is 0 Å². The molecular formula is C10H18N4. The number of hydrogen-bond donors (Lipinski definition) is 1. The van der Waals surface area contributed by atoms with E-state index in [2.05, 4.69) is 27.0 Å². The van der Waals surface area contributed by atoms with Crippen LogP contribution in [-0.4, -0.2) is 20.8 Å². The molecule has 0 atom stereocenters. The first kappa shape index (κ1) is 9.65. The maximum Gasteiger partial charge on any atom is 0.146 e. The molecule has 1 aromatic rings. The monoisotopic (exact) mass is 194 g/mol. The molecule has 0 unspecified atom stereocenters. The number of rotatable bonds is 4. The summed E-state index contributed by atoms with van der Waals surface area (Å²) >= 11 is 0. The van der Waals surface area contributed by atoms with E-state index in [4.69, 9.17) is 0 Å². The summed E-state index contributed by atoms with van der Waals surface area (Å²) in [5.41, 5.74) is 0. The summed E-state index contributed by atoms with van der Waals surface area (Å²) in [6.07, 6.45) is 7.18. The van der Waals surface area contributed by atoms with Crippen LogP contribution < -0.4 is 5.32 Å². The quantitative estimate of drug-likeness (QED) is 0.786. The standard InChI is InChI=1S/C10H18N4/c1-2-14-8-12-13-10(14)7-11-9-5-3-4-6-9/h8-9,11H,2-7H2,1H3. The van der Waals surface area contributed by atoms with Gasteiger partial charge in [0.1, 0.15) is 12.2 Å². The Hall–Kier alpha value is -0.900. The van der Waals surface area contributed by atoms with Crippen LogP contribution in [0.2, 0.25) is 0 Å². The highest BCUT2D eigenvalue weighted by Crippen LogP contribution is 2.17. The first-order valence-electron chi connectivity index (χ1n) is 5.50. The highest BCUT2D eigenvalue weighted by Gasteiger charge is 2.14. The van der Waals surface area contributed by atoms with Crippen molar-refractivity contribution in [1.82, 2.24) is 20.1 Å². The minimum absolute atomic E-state index is 0.706. The summed E-state index contributed by atoms with van der Waals surface area (Å²) < 4.78 is 2.09. The van der Waals surface area contributed by atoms with E-state index >= 15 is 0 Å². The van der Waals surface area contributed by atoms with Crippen molar-refractivity contribution in [2.24, 2.45) is 0 Å². The fourth-order valence-electron chi connectivity index (χ4n) is 2.05. The van der Waals surface area contributed by atoms with Gasteiger partial charge in [0.2, 0.25) is 0 Å². The molecule has 1 fully saturated rings. The van der Waals surface area contributed by atoms with Gasteiger partial charge in [0.25, 0.3) is 0 Å². The molecule has 2 rings (SSSR count). The van der Waals surface area contributed by atoms with E-state index in [1.165, 1.54) is 25.7 Å². The molecule has 1 aromatic heterocycles. The van der Waals surface area contributed by atoms with Crippen molar-refractivity contribution in [3.63, 3.8) is 0 Å². The normalized spacial score (nSPS) is 17.8. The molecule has 0 spiro atoms. The van der Waals surface area contributed by atoms with Gasteiger partial charge in [-0.15, -0.1) is 10.2 Å². The Bertz CT molecular complexity index is 275. The molecule has 0 amide bonds. The SMILES string of the molecule is CCn1cnnc1CNC1CCCC1. The molecule has 1 aliphatic carbocycles. The molecule has 4 nitrogen and oxygen atoms in total. The average Bonchev–Trinajstić information content (AvgIpc) is 2.85. The third-order valence-electron chi connectivity index (χ3n) is 2.94. The molecule has 4 heteroatoms. The summed E-state index contributed by atoms with van der Waals surface area (Å²) in [5.74, 6) is 1.06. The molecule has 0 bridgehead atoms. The highest BCUT2D eigenvalue weighted by atomic mass is 15.3. The third kappa shape index (κ3) is 2.12. The van der Waals surface area contributed by atoms with Gasteiger partial charge in [0.15, 0.2) is 0 Å². The smallest absolute Gasteiger partial charge is 0.146 e. The van der Waals surface area contributed by atoms with Crippen molar-refractivity contribution in [2.75, 3.05) is 0 Å².